The Kier molecular flexibility index (Phi) is 4.95. The zero-order valence-electron chi connectivity index (χ0n) is 15.1. The van der Waals surface area contributed by atoms with Gasteiger partial charge in [-0.2, -0.15) is 0 Å². The fraction of sp³-hybridized carbons (Fsp3) is 0.444. The summed E-state index contributed by atoms with van der Waals surface area (Å²) >= 11 is 0. The Hall–Kier alpha value is -2.48. The molecule has 1 aliphatic rings. The van der Waals surface area contributed by atoms with Gasteiger partial charge >= 0.3 is 15.9 Å². The summed E-state index contributed by atoms with van der Waals surface area (Å²) in [5.74, 6) is 0. The lowest BCUT2D eigenvalue weighted by Crippen LogP contribution is -2.43. The minimum atomic E-state index is -1.16. The molecular weight excluding hydrogens is 352 g/mol. The monoisotopic (exact) mass is 375 g/mol. The number of nitrogens with zero attached hydrogens (tertiary/aromatic N) is 2. The van der Waals surface area contributed by atoms with Crippen LogP contribution in [-0.4, -0.2) is 43.9 Å². The van der Waals surface area contributed by atoms with Gasteiger partial charge < -0.3 is 4.74 Å². The van der Waals surface area contributed by atoms with Crippen molar-refractivity contribution in [1.29, 1.82) is 5.41 Å². The molecule has 1 aromatic heterocycles. The van der Waals surface area contributed by atoms with E-state index in [1.54, 1.807) is 20.8 Å². The summed E-state index contributed by atoms with van der Waals surface area (Å²) in [6, 6.07) is 8.75. The largest absolute Gasteiger partial charge is 0.444 e. The van der Waals surface area contributed by atoms with Crippen LogP contribution in [0.1, 0.15) is 38.4 Å². The zero-order valence-corrected chi connectivity index (χ0v) is 15.9. The number of rotatable bonds is 3. The van der Waals surface area contributed by atoms with E-state index in [1.807, 2.05) is 30.3 Å². The molecule has 7 nitrogen and oxygen atoms in total. The third-order valence-electron chi connectivity index (χ3n) is 4.07. The summed E-state index contributed by atoms with van der Waals surface area (Å²) in [5.41, 5.74) is 0.657. The molecule has 1 aliphatic heterocycles. The molecule has 2 N–H and O–H groups in total. The predicted octanol–water partition coefficient (Wildman–Crippen LogP) is 3.34. The van der Waals surface area contributed by atoms with Gasteiger partial charge in [-0.15, -0.1) is 5.10 Å². The summed E-state index contributed by atoms with van der Waals surface area (Å²) in [6.07, 6.45) is 0.843. The van der Waals surface area contributed by atoms with Crippen LogP contribution in [0.25, 0.3) is 11.3 Å². The predicted molar refractivity (Wildman–Crippen MR) is 98.9 cm³/mol. The molecule has 1 saturated heterocycles. The van der Waals surface area contributed by atoms with Crippen LogP contribution in [0.4, 0.5) is 4.79 Å². The lowest BCUT2D eigenvalue weighted by molar-refractivity contribution is 0.0229. The van der Waals surface area contributed by atoms with Gasteiger partial charge in [0.05, 0.1) is 0 Å². The van der Waals surface area contributed by atoms with Crippen molar-refractivity contribution in [3.8, 4) is 11.3 Å². The number of ether oxygens (including phenoxy) is 1. The molecule has 1 fully saturated rings. The van der Waals surface area contributed by atoms with Gasteiger partial charge in [0.1, 0.15) is 5.60 Å². The van der Waals surface area contributed by atoms with E-state index in [4.69, 9.17) is 10.1 Å². The topological polar surface area (TPSA) is 99.1 Å². The van der Waals surface area contributed by atoms with Crippen LogP contribution in [0.15, 0.2) is 30.3 Å². The highest BCUT2D eigenvalue weighted by atomic mass is 32.2. The Morgan fingerprint density at radius 1 is 1.31 bits per heavy atom. The molecule has 1 unspecified atom stereocenters. The van der Waals surface area contributed by atoms with E-state index in [0.717, 1.165) is 12.0 Å². The molecule has 26 heavy (non-hydrogen) atoms. The van der Waals surface area contributed by atoms with E-state index in [2.05, 4.69) is 9.59 Å². The first-order chi connectivity index (χ1) is 12.3. The van der Waals surface area contributed by atoms with Gasteiger partial charge in [-0.3, -0.25) is 4.90 Å². The molecule has 2 atom stereocenters. The van der Waals surface area contributed by atoms with Crippen LogP contribution >= 0.6 is 10.7 Å². The SMILES string of the molecule is CC(C)(C)OC(=O)N1CCC[C@H]1C(=O)[s+]1[nH]nc(-c2ccccc2)c1=N. The fourth-order valence-corrected chi connectivity index (χ4v) is 4.35. The highest BCUT2D eigenvalue weighted by Crippen LogP contribution is 2.27. The molecule has 138 valence electrons. The van der Waals surface area contributed by atoms with Crippen molar-refractivity contribution >= 4 is 21.9 Å². The Morgan fingerprint density at radius 2 is 2.00 bits per heavy atom. The average molecular weight is 375 g/mol. The van der Waals surface area contributed by atoms with Crippen molar-refractivity contribution in [3.63, 3.8) is 0 Å². The van der Waals surface area contributed by atoms with Gasteiger partial charge in [0.25, 0.3) is 0 Å². The van der Waals surface area contributed by atoms with Crippen molar-refractivity contribution in [3.05, 3.63) is 35.0 Å². The Morgan fingerprint density at radius 3 is 2.65 bits per heavy atom. The highest BCUT2D eigenvalue weighted by Gasteiger charge is 2.43. The number of carbonyl (C=O) groups is 2. The summed E-state index contributed by atoms with van der Waals surface area (Å²) in [4.78, 5) is 26.9. The molecule has 1 amide bonds. The van der Waals surface area contributed by atoms with Crippen LogP contribution in [0, 0.1) is 5.41 Å². The van der Waals surface area contributed by atoms with Gasteiger partial charge in [0.2, 0.25) is 0 Å². The minimum Gasteiger partial charge on any atom is -0.444 e. The molecule has 2 heterocycles. The highest BCUT2D eigenvalue weighted by molar-refractivity contribution is 7.46. The molecular formula is C18H23N4O3S+. The minimum absolute atomic E-state index is 0.164. The quantitative estimate of drug-likeness (QED) is 0.804. The van der Waals surface area contributed by atoms with E-state index < -0.39 is 28.4 Å². The molecule has 0 radical (unpaired) electrons. The Balaban J connectivity index is 1.84. The molecule has 3 rings (SSSR count). The first kappa shape index (κ1) is 18.3. The van der Waals surface area contributed by atoms with Crippen LogP contribution < -0.4 is 4.67 Å². The van der Waals surface area contributed by atoms with E-state index in [1.165, 1.54) is 4.90 Å². The fourth-order valence-electron chi connectivity index (χ4n) is 2.91. The summed E-state index contributed by atoms with van der Waals surface area (Å²) in [6.45, 7) is 5.89. The normalized spacial score (nSPS) is 18.0. The maximum Gasteiger partial charge on any atom is 0.411 e. The molecule has 0 saturated carbocycles. The average Bonchev–Trinajstić information content (AvgIpc) is 3.20. The second kappa shape index (κ2) is 7.03. The Labute approximate surface area is 154 Å². The second-order valence-corrected chi connectivity index (χ2v) is 8.81. The first-order valence-corrected chi connectivity index (χ1v) is 9.76. The van der Waals surface area contributed by atoms with Crippen LogP contribution in [0.5, 0.6) is 0 Å². The smallest absolute Gasteiger partial charge is 0.411 e. The third kappa shape index (κ3) is 3.70. The third-order valence-corrected chi connectivity index (χ3v) is 5.62. The lowest BCUT2D eigenvalue weighted by Gasteiger charge is -2.26. The number of amides is 1. The molecule has 8 heteroatoms. The summed E-state index contributed by atoms with van der Waals surface area (Å²) in [5, 5.41) is 12.4. The number of hydrogen-bond donors (Lipinski definition) is 2. The van der Waals surface area contributed by atoms with Gasteiger partial charge in [-0.05, 0) is 33.6 Å². The second-order valence-electron chi connectivity index (χ2n) is 7.20. The van der Waals surface area contributed by atoms with E-state index in [9.17, 15) is 9.59 Å². The van der Waals surface area contributed by atoms with Crippen molar-refractivity contribution in [2.24, 2.45) is 0 Å². The van der Waals surface area contributed by atoms with Crippen molar-refractivity contribution in [1.82, 2.24) is 14.5 Å². The van der Waals surface area contributed by atoms with Gasteiger partial charge in [0.15, 0.2) is 22.4 Å². The number of aromatic nitrogens is 2. The molecule has 0 spiro atoms. The van der Waals surface area contributed by atoms with E-state index in [0.29, 0.717) is 18.7 Å². The molecule has 0 aliphatic carbocycles. The number of carbonyl (C=O) groups excluding carboxylic acids is 2. The summed E-state index contributed by atoms with van der Waals surface area (Å²) < 4.78 is 8.38. The van der Waals surface area contributed by atoms with Crippen LogP contribution in [0.2, 0.25) is 0 Å². The lowest BCUT2D eigenvalue weighted by atomic mass is 10.2. The number of H-pyrrole nitrogens is 1. The maximum absolute atomic E-state index is 13.0. The van der Waals surface area contributed by atoms with Crippen molar-refractivity contribution < 1.29 is 14.3 Å². The van der Waals surface area contributed by atoms with Crippen molar-refractivity contribution in [2.75, 3.05) is 6.54 Å². The zero-order chi connectivity index (χ0) is 18.9. The van der Waals surface area contributed by atoms with Crippen LogP contribution in [0.3, 0.4) is 0 Å². The van der Waals surface area contributed by atoms with Crippen LogP contribution in [-0.2, 0) is 4.74 Å². The molecule has 0 bridgehead atoms. The Bertz CT molecular complexity index is 867. The molecule has 2 aromatic rings. The van der Waals surface area contributed by atoms with E-state index in [-0.39, 0.29) is 9.79 Å². The van der Waals surface area contributed by atoms with Gasteiger partial charge in [-0.1, -0.05) is 34.8 Å². The van der Waals surface area contributed by atoms with Gasteiger partial charge in [0, 0.05) is 12.1 Å². The number of aromatic amines is 1. The standard InChI is InChI=1S/C18H23N4O3S/c1-18(2,3)25-17(24)22-11-7-10-13(22)16(23)26-15(19)14(20-21-26)12-8-5-4-6-9-12/h4-6,8-9,13,19,21H,7,10-11H2,1-3H3/q+1/t13-,26?/m0/s1. The first-order valence-electron chi connectivity index (χ1n) is 8.53. The van der Waals surface area contributed by atoms with Crippen molar-refractivity contribution in [2.45, 2.75) is 45.3 Å². The van der Waals surface area contributed by atoms with E-state index >= 15 is 0 Å². The van der Waals surface area contributed by atoms with Gasteiger partial charge in [-0.25, -0.2) is 15.0 Å². The number of nitrogens with one attached hydrogen (secondary N) is 2. The maximum atomic E-state index is 13.0. The molecule has 1 aromatic carbocycles. The number of likely N-dealkylation sites (tertiary alicyclic amines) is 1. The summed E-state index contributed by atoms with van der Waals surface area (Å²) in [7, 11) is -1.16. The number of benzene rings is 1. The number of hydrogen-bond acceptors (Lipinski definition) is 5.